The van der Waals surface area contributed by atoms with E-state index < -0.39 is 22.5 Å². The van der Waals surface area contributed by atoms with E-state index in [1.165, 1.54) is 24.4 Å². The predicted molar refractivity (Wildman–Crippen MR) is 62.0 cm³/mol. The first-order valence-electron chi connectivity index (χ1n) is 5.05. The summed E-state index contributed by atoms with van der Waals surface area (Å²) < 4.78 is 0. The average Bonchev–Trinajstić information content (AvgIpc) is 2.38. The van der Waals surface area contributed by atoms with Crippen LogP contribution in [-0.4, -0.2) is 21.8 Å². The highest BCUT2D eigenvalue weighted by Gasteiger charge is 2.19. The number of rotatable bonds is 2. The molecule has 0 atom stereocenters. The van der Waals surface area contributed by atoms with Crippen LogP contribution in [0.4, 0.5) is 11.4 Å². The van der Waals surface area contributed by atoms with Crippen LogP contribution in [0, 0.1) is 10.1 Å². The molecule has 8 heteroatoms. The van der Waals surface area contributed by atoms with Gasteiger partial charge in [-0.15, -0.1) is 0 Å². The molecule has 0 unspecified atom stereocenters. The molecule has 0 aliphatic heterocycles. The Bertz CT molecular complexity index is 698. The molecule has 1 aromatic heterocycles. The highest BCUT2D eigenvalue weighted by molar-refractivity contribution is 6.36. The Balaban J connectivity index is 2.65. The van der Waals surface area contributed by atoms with Gasteiger partial charge in [0, 0.05) is 17.6 Å². The molecule has 96 valence electrons. The standard InChI is InChI=1S/C11H7N3O5/c15-10(11(16)17)13-9-6-2-1-5-12-7(6)3-4-8(9)14(18)19/h1-5H,(H,13,15)(H,16,17)/p-1. The van der Waals surface area contributed by atoms with Crippen molar-refractivity contribution in [2.75, 3.05) is 5.32 Å². The number of carboxylic acid groups (broad SMARTS) is 1. The number of carbonyl (C=O) groups is 2. The summed E-state index contributed by atoms with van der Waals surface area (Å²) in [5.41, 5.74) is -0.248. The van der Waals surface area contributed by atoms with Crippen molar-refractivity contribution in [1.29, 1.82) is 0 Å². The van der Waals surface area contributed by atoms with Gasteiger partial charge in [-0.05, 0) is 18.2 Å². The van der Waals surface area contributed by atoms with E-state index in [0.717, 1.165) is 6.07 Å². The zero-order valence-corrected chi connectivity index (χ0v) is 9.32. The molecule has 1 aromatic carbocycles. The minimum Gasteiger partial charge on any atom is -0.540 e. The molecule has 1 heterocycles. The van der Waals surface area contributed by atoms with Gasteiger partial charge in [0.05, 0.1) is 10.4 Å². The fourth-order valence-electron chi connectivity index (χ4n) is 1.59. The normalized spacial score (nSPS) is 10.1. The Morgan fingerprint density at radius 3 is 2.63 bits per heavy atom. The maximum absolute atomic E-state index is 11.1. The van der Waals surface area contributed by atoms with Gasteiger partial charge in [-0.1, -0.05) is 0 Å². The van der Waals surface area contributed by atoms with Gasteiger partial charge >= 0.3 is 0 Å². The van der Waals surface area contributed by atoms with Crippen molar-refractivity contribution in [2.24, 2.45) is 0 Å². The largest absolute Gasteiger partial charge is 0.540 e. The molecule has 0 aliphatic rings. The van der Waals surface area contributed by atoms with Crippen LogP contribution in [-0.2, 0) is 9.59 Å². The summed E-state index contributed by atoms with van der Waals surface area (Å²) in [4.78, 5) is 35.6. The molecule has 0 spiro atoms. The third kappa shape index (κ3) is 2.32. The number of hydrogen-bond donors (Lipinski definition) is 1. The highest BCUT2D eigenvalue weighted by Crippen LogP contribution is 2.31. The molecule has 8 nitrogen and oxygen atoms in total. The number of fused-ring (bicyclic) bond motifs is 1. The van der Waals surface area contributed by atoms with Crippen LogP contribution in [0.5, 0.6) is 0 Å². The summed E-state index contributed by atoms with van der Waals surface area (Å²) in [6.45, 7) is 0. The summed E-state index contributed by atoms with van der Waals surface area (Å²) in [5, 5.41) is 23.5. The monoisotopic (exact) mass is 260 g/mol. The van der Waals surface area contributed by atoms with Gasteiger partial charge in [-0.3, -0.25) is 19.9 Å². The Kier molecular flexibility index (Phi) is 3.06. The van der Waals surface area contributed by atoms with Crippen LogP contribution in [0.2, 0.25) is 0 Å². The topological polar surface area (TPSA) is 125 Å². The van der Waals surface area contributed by atoms with Crippen molar-refractivity contribution in [3.63, 3.8) is 0 Å². The molecule has 0 saturated carbocycles. The Morgan fingerprint density at radius 1 is 1.26 bits per heavy atom. The molecule has 0 saturated heterocycles. The molecule has 19 heavy (non-hydrogen) atoms. The van der Waals surface area contributed by atoms with E-state index in [1.54, 1.807) is 0 Å². The number of aromatic nitrogens is 1. The summed E-state index contributed by atoms with van der Waals surface area (Å²) in [6, 6.07) is 5.54. The number of nitrogens with zero attached hydrogens (tertiary/aromatic N) is 2. The van der Waals surface area contributed by atoms with E-state index in [9.17, 15) is 24.8 Å². The van der Waals surface area contributed by atoms with Crippen LogP contribution in [0.15, 0.2) is 30.5 Å². The second-order valence-corrected chi connectivity index (χ2v) is 3.53. The summed E-state index contributed by atoms with van der Waals surface area (Å²) in [5.74, 6) is -3.44. The van der Waals surface area contributed by atoms with Crippen molar-refractivity contribution in [3.05, 3.63) is 40.6 Å². The first-order valence-corrected chi connectivity index (χ1v) is 5.05. The Labute approximate surface area is 105 Å². The number of benzene rings is 1. The Morgan fingerprint density at radius 2 is 2.00 bits per heavy atom. The number of aliphatic carboxylic acids is 1. The lowest BCUT2D eigenvalue weighted by molar-refractivity contribution is -0.383. The minimum absolute atomic E-state index is 0.218. The zero-order chi connectivity index (χ0) is 14.0. The third-order valence-electron chi connectivity index (χ3n) is 2.38. The molecule has 1 N–H and O–H groups in total. The number of nitro groups is 1. The van der Waals surface area contributed by atoms with E-state index in [-0.39, 0.29) is 11.1 Å². The number of pyridine rings is 1. The van der Waals surface area contributed by atoms with Gasteiger partial charge in [-0.2, -0.15) is 0 Å². The lowest BCUT2D eigenvalue weighted by atomic mass is 10.1. The number of amides is 1. The third-order valence-corrected chi connectivity index (χ3v) is 2.38. The van der Waals surface area contributed by atoms with Gasteiger partial charge < -0.3 is 15.2 Å². The van der Waals surface area contributed by atoms with Crippen molar-refractivity contribution in [1.82, 2.24) is 4.98 Å². The number of nitrogens with one attached hydrogen (secondary N) is 1. The molecule has 0 aliphatic carbocycles. The smallest absolute Gasteiger partial charge is 0.293 e. The first kappa shape index (κ1) is 12.4. The van der Waals surface area contributed by atoms with E-state index >= 15 is 0 Å². The van der Waals surface area contributed by atoms with Crippen molar-refractivity contribution in [2.45, 2.75) is 0 Å². The van der Waals surface area contributed by atoms with Crippen LogP contribution in [0.3, 0.4) is 0 Å². The van der Waals surface area contributed by atoms with Gasteiger partial charge in [0.2, 0.25) is 0 Å². The van der Waals surface area contributed by atoms with E-state index in [4.69, 9.17) is 0 Å². The lowest BCUT2D eigenvalue weighted by Crippen LogP contribution is -2.36. The maximum atomic E-state index is 11.1. The number of nitro benzene ring substituents is 1. The number of anilines is 1. The van der Waals surface area contributed by atoms with Gasteiger partial charge in [0.25, 0.3) is 11.6 Å². The first-order chi connectivity index (χ1) is 9.00. The molecule has 0 bridgehead atoms. The summed E-state index contributed by atoms with van der Waals surface area (Å²) >= 11 is 0. The zero-order valence-electron chi connectivity index (χ0n) is 9.32. The molecule has 0 radical (unpaired) electrons. The predicted octanol–water partition coefficient (Wildman–Crippen LogP) is -0.169. The van der Waals surface area contributed by atoms with Crippen LogP contribution in [0.1, 0.15) is 0 Å². The second kappa shape index (κ2) is 4.69. The lowest BCUT2D eigenvalue weighted by Gasteiger charge is -2.09. The van der Waals surface area contributed by atoms with E-state index in [0.29, 0.717) is 5.52 Å². The van der Waals surface area contributed by atoms with Crippen molar-refractivity contribution >= 4 is 34.2 Å². The second-order valence-electron chi connectivity index (χ2n) is 3.53. The minimum atomic E-state index is -1.98. The summed E-state index contributed by atoms with van der Waals surface area (Å²) in [6.07, 6.45) is 1.47. The fourth-order valence-corrected chi connectivity index (χ4v) is 1.59. The molecule has 2 aromatic rings. The van der Waals surface area contributed by atoms with Crippen LogP contribution < -0.4 is 10.4 Å². The quantitative estimate of drug-likeness (QED) is 0.454. The molecule has 2 rings (SSSR count). The number of hydrogen-bond acceptors (Lipinski definition) is 6. The number of carbonyl (C=O) groups excluding carboxylic acids is 2. The molecule has 1 amide bonds. The van der Waals surface area contributed by atoms with Gasteiger partial charge in [0.1, 0.15) is 11.7 Å². The maximum Gasteiger partial charge on any atom is 0.293 e. The van der Waals surface area contributed by atoms with E-state index in [1.807, 2.05) is 5.32 Å². The summed E-state index contributed by atoms with van der Waals surface area (Å²) in [7, 11) is 0. The van der Waals surface area contributed by atoms with Gasteiger partial charge in [-0.25, -0.2) is 0 Å². The van der Waals surface area contributed by atoms with E-state index in [2.05, 4.69) is 4.98 Å². The highest BCUT2D eigenvalue weighted by atomic mass is 16.6. The number of carboxylic acids is 1. The van der Waals surface area contributed by atoms with Crippen LogP contribution in [0.25, 0.3) is 10.9 Å². The Hall–Kier alpha value is -3.03. The molecular formula is C11H6N3O5-. The van der Waals surface area contributed by atoms with Gasteiger partial charge in [0.15, 0.2) is 0 Å². The van der Waals surface area contributed by atoms with Crippen molar-refractivity contribution in [3.8, 4) is 0 Å². The van der Waals surface area contributed by atoms with Crippen LogP contribution >= 0.6 is 0 Å². The molecule has 0 fully saturated rings. The fraction of sp³-hybridized carbons (Fsp3) is 0. The average molecular weight is 260 g/mol. The van der Waals surface area contributed by atoms with Crippen molar-refractivity contribution < 1.29 is 19.6 Å². The SMILES string of the molecule is O=C([O-])C(=O)Nc1c([N+](=O)[O-])ccc2ncccc12. The molecular weight excluding hydrogens is 254 g/mol.